The van der Waals surface area contributed by atoms with Gasteiger partial charge in [0.2, 0.25) is 5.91 Å². The van der Waals surface area contributed by atoms with Gasteiger partial charge in [-0.1, -0.05) is 39.0 Å². The second-order valence-electron chi connectivity index (χ2n) is 7.35. The lowest BCUT2D eigenvalue weighted by Gasteiger charge is -2.19. The topological polar surface area (TPSA) is 47.6 Å². The number of fused-ring (bicyclic) bond motifs is 1. The Morgan fingerprint density at radius 3 is 2.36 bits per heavy atom. The predicted molar refractivity (Wildman–Crippen MR) is 99.5 cm³/mol. The lowest BCUT2D eigenvalue weighted by molar-refractivity contribution is -0.116. The molecule has 4 nitrogen and oxygen atoms in total. The molecule has 3 rings (SSSR count). The Morgan fingerprint density at radius 2 is 1.68 bits per heavy atom. The van der Waals surface area contributed by atoms with Crippen LogP contribution in [0.25, 0.3) is 0 Å². The van der Waals surface area contributed by atoms with Crippen LogP contribution in [0.2, 0.25) is 0 Å². The molecule has 132 valence electrons. The minimum absolute atomic E-state index is 0.0124. The maximum Gasteiger partial charge on any atom is 0.224 e. The van der Waals surface area contributed by atoms with E-state index in [1.54, 1.807) is 0 Å². The standard InChI is InChI=1S/C21H25NO3/c1-21(2,3)16-6-8-17(9-7-16)22-20(23)11-5-15-4-10-18-19(14-15)25-13-12-24-18/h4,6-10,14H,5,11-13H2,1-3H3,(H,22,23). The third-order valence-corrected chi connectivity index (χ3v) is 4.28. The number of carbonyl (C=O) groups excluding carboxylic acids is 1. The van der Waals surface area contributed by atoms with Gasteiger partial charge in [0.25, 0.3) is 0 Å². The Morgan fingerprint density at radius 1 is 1.00 bits per heavy atom. The first-order valence-electron chi connectivity index (χ1n) is 8.71. The molecule has 0 aromatic heterocycles. The third-order valence-electron chi connectivity index (χ3n) is 4.28. The van der Waals surface area contributed by atoms with E-state index >= 15 is 0 Å². The maximum atomic E-state index is 12.2. The summed E-state index contributed by atoms with van der Waals surface area (Å²) < 4.78 is 11.1. The first-order chi connectivity index (χ1) is 11.9. The summed E-state index contributed by atoms with van der Waals surface area (Å²) in [5.74, 6) is 1.55. The molecule has 1 aliphatic heterocycles. The molecule has 0 saturated heterocycles. The van der Waals surface area contributed by atoms with Gasteiger partial charge >= 0.3 is 0 Å². The number of hydrogen-bond acceptors (Lipinski definition) is 3. The zero-order valence-corrected chi connectivity index (χ0v) is 15.1. The van der Waals surface area contributed by atoms with Gasteiger partial charge in [-0.3, -0.25) is 4.79 Å². The van der Waals surface area contributed by atoms with Crippen LogP contribution in [0.1, 0.15) is 38.3 Å². The van der Waals surface area contributed by atoms with E-state index < -0.39 is 0 Å². The van der Waals surface area contributed by atoms with Crippen molar-refractivity contribution in [3.63, 3.8) is 0 Å². The van der Waals surface area contributed by atoms with Gasteiger partial charge in [-0.2, -0.15) is 0 Å². The monoisotopic (exact) mass is 339 g/mol. The summed E-state index contributed by atoms with van der Waals surface area (Å²) in [5.41, 5.74) is 3.27. The normalized spacial score (nSPS) is 13.4. The Kier molecular flexibility index (Phi) is 4.98. The third kappa shape index (κ3) is 4.53. The average Bonchev–Trinajstić information content (AvgIpc) is 2.59. The summed E-state index contributed by atoms with van der Waals surface area (Å²) in [6.45, 7) is 7.68. The minimum Gasteiger partial charge on any atom is -0.486 e. The molecular formula is C21H25NO3. The number of benzene rings is 2. The molecule has 1 heterocycles. The van der Waals surface area contributed by atoms with Crippen LogP contribution in [0.4, 0.5) is 5.69 Å². The number of nitrogens with one attached hydrogen (secondary N) is 1. The van der Waals surface area contributed by atoms with Crippen LogP contribution in [0.15, 0.2) is 42.5 Å². The highest BCUT2D eigenvalue weighted by Crippen LogP contribution is 2.31. The van der Waals surface area contributed by atoms with Gasteiger partial charge in [0.05, 0.1) is 0 Å². The zero-order valence-electron chi connectivity index (χ0n) is 15.1. The van der Waals surface area contributed by atoms with Crippen LogP contribution >= 0.6 is 0 Å². The summed E-state index contributed by atoms with van der Waals surface area (Å²) >= 11 is 0. The molecule has 0 bridgehead atoms. The lowest BCUT2D eigenvalue weighted by atomic mass is 9.87. The van der Waals surface area contributed by atoms with E-state index in [-0.39, 0.29) is 11.3 Å². The van der Waals surface area contributed by atoms with E-state index in [2.05, 4.69) is 38.2 Å². The Hall–Kier alpha value is -2.49. The Labute approximate surface area is 149 Å². The van der Waals surface area contributed by atoms with Crippen molar-refractivity contribution in [2.45, 2.75) is 39.0 Å². The largest absolute Gasteiger partial charge is 0.486 e. The summed E-state index contributed by atoms with van der Waals surface area (Å²) in [6, 6.07) is 13.9. The molecule has 1 aliphatic rings. The van der Waals surface area contributed by atoms with Crippen molar-refractivity contribution >= 4 is 11.6 Å². The molecule has 2 aromatic rings. The van der Waals surface area contributed by atoms with E-state index in [1.165, 1.54) is 5.56 Å². The highest BCUT2D eigenvalue weighted by molar-refractivity contribution is 5.90. The van der Waals surface area contributed by atoms with Gasteiger partial charge in [0.1, 0.15) is 13.2 Å². The van der Waals surface area contributed by atoms with Gasteiger partial charge in [0.15, 0.2) is 11.5 Å². The van der Waals surface area contributed by atoms with Crippen LogP contribution in [0, 0.1) is 0 Å². The van der Waals surface area contributed by atoms with Crippen molar-refractivity contribution in [1.29, 1.82) is 0 Å². The fraction of sp³-hybridized carbons (Fsp3) is 0.381. The second kappa shape index (κ2) is 7.18. The molecule has 0 unspecified atom stereocenters. The fourth-order valence-corrected chi connectivity index (χ4v) is 2.78. The van der Waals surface area contributed by atoms with Gasteiger partial charge in [-0.05, 0) is 47.2 Å². The summed E-state index contributed by atoms with van der Waals surface area (Å²) in [4.78, 5) is 12.2. The predicted octanol–water partition coefficient (Wildman–Crippen LogP) is 4.33. The zero-order chi connectivity index (χ0) is 17.9. The first kappa shape index (κ1) is 17.3. The van der Waals surface area contributed by atoms with Crippen molar-refractivity contribution in [2.24, 2.45) is 0 Å². The SMILES string of the molecule is CC(C)(C)c1ccc(NC(=O)CCc2ccc3c(c2)OCCO3)cc1. The number of ether oxygens (including phenoxy) is 2. The van der Waals surface area contributed by atoms with Gasteiger partial charge in [-0.25, -0.2) is 0 Å². The molecule has 0 atom stereocenters. The smallest absolute Gasteiger partial charge is 0.224 e. The minimum atomic E-state index is 0.0124. The van der Waals surface area contributed by atoms with Crippen LogP contribution in [-0.2, 0) is 16.6 Å². The Bertz CT molecular complexity index is 745. The highest BCUT2D eigenvalue weighted by atomic mass is 16.6. The molecule has 0 spiro atoms. The summed E-state index contributed by atoms with van der Waals surface area (Å²) in [5, 5.41) is 2.96. The van der Waals surface area contributed by atoms with Crippen molar-refractivity contribution in [3.05, 3.63) is 53.6 Å². The van der Waals surface area contributed by atoms with E-state index in [9.17, 15) is 4.79 Å². The van der Waals surface area contributed by atoms with Crippen LogP contribution in [-0.4, -0.2) is 19.1 Å². The van der Waals surface area contributed by atoms with E-state index in [0.29, 0.717) is 26.1 Å². The van der Waals surface area contributed by atoms with E-state index in [1.807, 2.05) is 30.3 Å². The van der Waals surface area contributed by atoms with E-state index in [4.69, 9.17) is 9.47 Å². The van der Waals surface area contributed by atoms with Crippen molar-refractivity contribution in [2.75, 3.05) is 18.5 Å². The second-order valence-corrected chi connectivity index (χ2v) is 7.35. The highest BCUT2D eigenvalue weighted by Gasteiger charge is 2.14. The molecular weight excluding hydrogens is 314 g/mol. The van der Waals surface area contributed by atoms with Gasteiger partial charge in [-0.15, -0.1) is 0 Å². The average molecular weight is 339 g/mol. The number of amides is 1. The molecule has 1 N–H and O–H groups in total. The fourth-order valence-electron chi connectivity index (χ4n) is 2.78. The molecule has 1 amide bonds. The number of aryl methyl sites for hydroxylation is 1. The van der Waals surface area contributed by atoms with Crippen molar-refractivity contribution in [3.8, 4) is 11.5 Å². The van der Waals surface area contributed by atoms with Crippen molar-refractivity contribution in [1.82, 2.24) is 0 Å². The quantitative estimate of drug-likeness (QED) is 0.902. The summed E-state index contributed by atoms with van der Waals surface area (Å²) in [6.07, 6.45) is 1.10. The molecule has 0 radical (unpaired) electrons. The molecule has 25 heavy (non-hydrogen) atoms. The van der Waals surface area contributed by atoms with E-state index in [0.717, 1.165) is 22.7 Å². The van der Waals surface area contributed by atoms with Crippen LogP contribution in [0.3, 0.4) is 0 Å². The van der Waals surface area contributed by atoms with Crippen molar-refractivity contribution < 1.29 is 14.3 Å². The molecule has 2 aromatic carbocycles. The molecule has 0 saturated carbocycles. The van der Waals surface area contributed by atoms with Gasteiger partial charge < -0.3 is 14.8 Å². The van der Waals surface area contributed by atoms with Crippen LogP contribution in [0.5, 0.6) is 11.5 Å². The van der Waals surface area contributed by atoms with Crippen LogP contribution < -0.4 is 14.8 Å². The maximum absolute atomic E-state index is 12.2. The number of carbonyl (C=O) groups is 1. The summed E-state index contributed by atoms with van der Waals surface area (Å²) in [7, 11) is 0. The first-order valence-corrected chi connectivity index (χ1v) is 8.71. The number of hydrogen-bond donors (Lipinski definition) is 1. The number of anilines is 1. The number of rotatable bonds is 4. The molecule has 0 aliphatic carbocycles. The Balaban J connectivity index is 1.54. The van der Waals surface area contributed by atoms with Gasteiger partial charge in [0, 0.05) is 12.1 Å². The lowest BCUT2D eigenvalue weighted by Crippen LogP contribution is -2.16. The molecule has 4 heteroatoms. The molecule has 0 fully saturated rings.